The highest BCUT2D eigenvalue weighted by atomic mass is 16.3. The minimum atomic E-state index is 0.399. The first-order valence-electron chi connectivity index (χ1n) is 7.57. The van der Waals surface area contributed by atoms with Crippen LogP contribution in [0.15, 0.2) is 42.5 Å². The number of aromatic hydroxyl groups is 1. The van der Waals surface area contributed by atoms with Gasteiger partial charge in [-0.2, -0.15) is 0 Å². The first-order chi connectivity index (χ1) is 10.0. The van der Waals surface area contributed by atoms with Gasteiger partial charge in [0.2, 0.25) is 0 Å². The monoisotopic (exact) mass is 288 g/mol. The molecule has 0 aliphatic heterocycles. The Bertz CT molecular complexity index is 457. The van der Waals surface area contributed by atoms with E-state index in [-0.39, 0.29) is 0 Å². The van der Waals surface area contributed by atoms with Crippen LogP contribution in [0.5, 0.6) is 5.75 Å². The van der Waals surface area contributed by atoms with E-state index in [1.807, 2.05) is 25.1 Å². The highest BCUT2D eigenvalue weighted by molar-refractivity contribution is 5.64. The molecule has 0 heterocycles. The van der Waals surface area contributed by atoms with E-state index in [2.05, 4.69) is 32.9 Å². The first-order valence-corrected chi connectivity index (χ1v) is 7.57. The van der Waals surface area contributed by atoms with E-state index in [9.17, 15) is 9.90 Å². The standard InChI is InChI=1S/C10H14O.C9H14O/c1-7(2)9-5-4-8(3)6-10(9)11;1-2-3-4-5-6-7-8-9-10/h4-7,11H,1-3H3;3-4,7-9H,2,5-6H2,1H3/b;4-3-,8-7+. The zero-order valence-corrected chi connectivity index (χ0v) is 13.7. The number of aryl methyl sites for hydroxylation is 1. The van der Waals surface area contributed by atoms with Gasteiger partial charge in [-0.3, -0.25) is 4.79 Å². The average molecular weight is 288 g/mol. The maximum atomic E-state index is 9.79. The van der Waals surface area contributed by atoms with Crippen molar-refractivity contribution in [3.8, 4) is 5.75 Å². The van der Waals surface area contributed by atoms with Gasteiger partial charge < -0.3 is 5.11 Å². The van der Waals surface area contributed by atoms with Gasteiger partial charge in [-0.25, -0.2) is 0 Å². The van der Waals surface area contributed by atoms with E-state index >= 15 is 0 Å². The summed E-state index contributed by atoms with van der Waals surface area (Å²) in [6.07, 6.45) is 11.6. The molecule has 2 heteroatoms. The molecule has 0 aliphatic carbocycles. The van der Waals surface area contributed by atoms with Crippen molar-refractivity contribution in [3.63, 3.8) is 0 Å². The number of rotatable bonds is 6. The SMILES string of the molecule is CC/C=C\CC/C=C/C=O.Cc1ccc(C(C)C)c(O)c1. The largest absolute Gasteiger partial charge is 0.508 e. The molecule has 116 valence electrons. The van der Waals surface area contributed by atoms with Crippen LogP contribution in [0.4, 0.5) is 0 Å². The second kappa shape index (κ2) is 12.0. The zero-order valence-electron chi connectivity index (χ0n) is 13.7. The lowest BCUT2D eigenvalue weighted by molar-refractivity contribution is -0.104. The van der Waals surface area contributed by atoms with Crippen molar-refractivity contribution < 1.29 is 9.90 Å². The van der Waals surface area contributed by atoms with Crippen LogP contribution in [0.25, 0.3) is 0 Å². The van der Waals surface area contributed by atoms with Crippen molar-refractivity contribution >= 4 is 6.29 Å². The predicted octanol–water partition coefficient (Wildman–Crippen LogP) is 5.31. The number of hydrogen-bond donors (Lipinski definition) is 1. The molecule has 0 fully saturated rings. The molecule has 0 aliphatic rings. The van der Waals surface area contributed by atoms with Crippen LogP contribution in [0.3, 0.4) is 0 Å². The maximum absolute atomic E-state index is 9.79. The van der Waals surface area contributed by atoms with Crippen molar-refractivity contribution in [2.24, 2.45) is 0 Å². The van der Waals surface area contributed by atoms with Crippen LogP contribution in [-0.2, 0) is 4.79 Å². The third kappa shape index (κ3) is 9.67. The molecule has 1 aromatic rings. The summed E-state index contributed by atoms with van der Waals surface area (Å²) < 4.78 is 0. The lowest BCUT2D eigenvalue weighted by atomic mass is 10.0. The van der Waals surface area contributed by atoms with Crippen molar-refractivity contribution in [1.82, 2.24) is 0 Å². The van der Waals surface area contributed by atoms with Gasteiger partial charge in [-0.1, -0.05) is 51.1 Å². The number of benzene rings is 1. The number of hydrogen-bond acceptors (Lipinski definition) is 2. The molecule has 0 unspecified atom stereocenters. The Hall–Kier alpha value is -1.83. The lowest BCUT2D eigenvalue weighted by Gasteiger charge is -2.07. The fraction of sp³-hybridized carbons (Fsp3) is 0.421. The molecule has 0 radical (unpaired) electrons. The molecule has 1 N–H and O–H groups in total. The molecular formula is C19H28O2. The van der Waals surface area contributed by atoms with Gasteiger partial charge >= 0.3 is 0 Å². The van der Waals surface area contributed by atoms with Crippen LogP contribution < -0.4 is 0 Å². The normalized spacial score (nSPS) is 10.9. The molecule has 1 rings (SSSR count). The van der Waals surface area contributed by atoms with Gasteiger partial charge in [0, 0.05) is 0 Å². The predicted molar refractivity (Wildman–Crippen MR) is 90.8 cm³/mol. The van der Waals surface area contributed by atoms with Gasteiger partial charge in [-0.05, 0) is 55.4 Å². The first kappa shape index (κ1) is 19.2. The summed E-state index contributed by atoms with van der Waals surface area (Å²) in [4.78, 5) is 9.79. The topological polar surface area (TPSA) is 37.3 Å². The molecule has 2 nitrogen and oxygen atoms in total. The van der Waals surface area contributed by atoms with Crippen molar-refractivity contribution in [2.45, 2.75) is 52.9 Å². The number of unbranched alkanes of at least 4 members (excludes halogenated alkanes) is 1. The highest BCUT2D eigenvalue weighted by Gasteiger charge is 2.03. The quantitative estimate of drug-likeness (QED) is 0.333. The number of aldehydes is 1. The molecule has 0 amide bonds. The fourth-order valence-electron chi connectivity index (χ4n) is 1.77. The van der Waals surface area contributed by atoms with Crippen LogP contribution in [-0.4, -0.2) is 11.4 Å². The summed E-state index contributed by atoms with van der Waals surface area (Å²) in [7, 11) is 0. The summed E-state index contributed by atoms with van der Waals surface area (Å²) in [6.45, 7) is 8.23. The molecule has 1 aromatic carbocycles. The lowest BCUT2D eigenvalue weighted by Crippen LogP contribution is -1.87. The smallest absolute Gasteiger partial charge is 0.142 e. The summed E-state index contributed by atoms with van der Waals surface area (Å²) in [5.74, 6) is 0.815. The number of phenols is 1. The average Bonchev–Trinajstić information content (AvgIpc) is 2.43. The van der Waals surface area contributed by atoms with E-state index in [1.54, 1.807) is 12.1 Å². The van der Waals surface area contributed by atoms with Gasteiger partial charge in [0.25, 0.3) is 0 Å². The van der Waals surface area contributed by atoms with Crippen molar-refractivity contribution in [3.05, 3.63) is 53.6 Å². The number of carbonyl (C=O) groups excluding carboxylic acids is 1. The molecule has 0 bridgehead atoms. The molecule has 21 heavy (non-hydrogen) atoms. The van der Waals surface area contributed by atoms with E-state index in [4.69, 9.17) is 0 Å². The van der Waals surface area contributed by atoms with Gasteiger partial charge in [0.05, 0.1) is 0 Å². The Kier molecular flexibility index (Phi) is 10.9. The van der Waals surface area contributed by atoms with Crippen LogP contribution in [0, 0.1) is 6.92 Å². The van der Waals surface area contributed by atoms with Gasteiger partial charge in [0.1, 0.15) is 12.0 Å². The highest BCUT2D eigenvalue weighted by Crippen LogP contribution is 2.25. The second-order valence-corrected chi connectivity index (χ2v) is 5.24. The third-order valence-corrected chi connectivity index (χ3v) is 2.92. The van der Waals surface area contributed by atoms with Crippen molar-refractivity contribution in [1.29, 1.82) is 0 Å². The van der Waals surface area contributed by atoms with Crippen LogP contribution in [0.2, 0.25) is 0 Å². The maximum Gasteiger partial charge on any atom is 0.142 e. The molecule has 0 aromatic heterocycles. The fourth-order valence-corrected chi connectivity index (χ4v) is 1.77. The number of carbonyl (C=O) groups is 1. The Balaban J connectivity index is 0.000000384. The summed E-state index contributed by atoms with van der Waals surface area (Å²) in [5.41, 5.74) is 2.13. The van der Waals surface area contributed by atoms with E-state index < -0.39 is 0 Å². The Labute approximate surface area is 129 Å². The third-order valence-electron chi connectivity index (χ3n) is 2.92. The summed E-state index contributed by atoms with van der Waals surface area (Å²) >= 11 is 0. The molecule has 0 spiro atoms. The Morgan fingerprint density at radius 3 is 2.33 bits per heavy atom. The van der Waals surface area contributed by atoms with E-state index in [0.717, 1.165) is 36.7 Å². The van der Waals surface area contributed by atoms with Gasteiger partial charge in [0.15, 0.2) is 0 Å². The molecular weight excluding hydrogens is 260 g/mol. The molecule has 0 atom stereocenters. The summed E-state index contributed by atoms with van der Waals surface area (Å²) in [6, 6.07) is 5.81. The van der Waals surface area contributed by atoms with Crippen LogP contribution >= 0.6 is 0 Å². The van der Waals surface area contributed by atoms with Gasteiger partial charge in [-0.15, -0.1) is 0 Å². The Morgan fingerprint density at radius 2 is 1.81 bits per heavy atom. The van der Waals surface area contributed by atoms with Crippen LogP contribution in [0.1, 0.15) is 57.1 Å². The summed E-state index contributed by atoms with van der Waals surface area (Å²) in [5, 5.41) is 9.46. The second-order valence-electron chi connectivity index (χ2n) is 5.24. The Morgan fingerprint density at radius 1 is 1.14 bits per heavy atom. The minimum Gasteiger partial charge on any atom is -0.508 e. The molecule has 0 saturated carbocycles. The number of allylic oxidation sites excluding steroid dienone is 4. The van der Waals surface area contributed by atoms with E-state index in [0.29, 0.717) is 11.7 Å². The number of phenolic OH excluding ortho intramolecular Hbond substituents is 1. The van der Waals surface area contributed by atoms with E-state index in [1.165, 1.54) is 0 Å². The van der Waals surface area contributed by atoms with Crippen molar-refractivity contribution in [2.75, 3.05) is 0 Å². The zero-order chi connectivity index (χ0) is 16.1. The minimum absolute atomic E-state index is 0.399. The molecule has 0 saturated heterocycles.